The van der Waals surface area contributed by atoms with Crippen LogP contribution in [0.2, 0.25) is 0 Å². The van der Waals surface area contributed by atoms with E-state index in [1.54, 1.807) is 11.3 Å². The van der Waals surface area contributed by atoms with Gasteiger partial charge in [-0.15, -0.1) is 11.3 Å². The molecule has 0 amide bonds. The molecule has 0 aromatic carbocycles. The number of nitrogens with zero attached hydrogens (tertiary/aromatic N) is 1. The van der Waals surface area contributed by atoms with E-state index in [9.17, 15) is 4.79 Å². The molecule has 0 saturated heterocycles. The standard InChI is InChI=1S/C14H23NO2S/c1-11(13(16)17-14(2,3)4)15(5)9-8-12-7-6-10-18-12/h6-7,10-11H,8-9H2,1-5H3. The average molecular weight is 269 g/mol. The van der Waals surface area contributed by atoms with Crippen LogP contribution in [0.15, 0.2) is 17.5 Å². The number of carbonyl (C=O) groups is 1. The Balaban J connectivity index is 2.41. The van der Waals surface area contributed by atoms with Crippen molar-refractivity contribution in [3.05, 3.63) is 22.4 Å². The van der Waals surface area contributed by atoms with Crippen LogP contribution in [-0.4, -0.2) is 36.1 Å². The minimum Gasteiger partial charge on any atom is -0.459 e. The van der Waals surface area contributed by atoms with E-state index in [-0.39, 0.29) is 12.0 Å². The van der Waals surface area contributed by atoms with E-state index < -0.39 is 5.60 Å². The van der Waals surface area contributed by atoms with Gasteiger partial charge in [0.05, 0.1) is 0 Å². The molecule has 0 radical (unpaired) electrons. The molecule has 4 heteroatoms. The van der Waals surface area contributed by atoms with Crippen molar-refractivity contribution >= 4 is 17.3 Å². The Labute approximate surface area is 114 Å². The van der Waals surface area contributed by atoms with Gasteiger partial charge >= 0.3 is 5.97 Å². The van der Waals surface area contributed by atoms with E-state index in [4.69, 9.17) is 4.74 Å². The SMILES string of the molecule is CC(C(=O)OC(C)(C)C)N(C)CCc1cccs1. The van der Waals surface area contributed by atoms with Crippen molar-refractivity contribution in [2.45, 2.75) is 45.8 Å². The maximum atomic E-state index is 11.9. The number of hydrogen-bond acceptors (Lipinski definition) is 4. The van der Waals surface area contributed by atoms with Crippen molar-refractivity contribution in [1.82, 2.24) is 4.90 Å². The van der Waals surface area contributed by atoms with Crippen LogP contribution in [0.4, 0.5) is 0 Å². The summed E-state index contributed by atoms with van der Waals surface area (Å²) in [7, 11) is 1.96. The van der Waals surface area contributed by atoms with Crippen molar-refractivity contribution in [2.24, 2.45) is 0 Å². The lowest BCUT2D eigenvalue weighted by Gasteiger charge is -2.27. The van der Waals surface area contributed by atoms with E-state index in [1.807, 2.05) is 39.6 Å². The number of thiophene rings is 1. The predicted octanol–water partition coefficient (Wildman–Crippen LogP) is 2.95. The maximum absolute atomic E-state index is 11.9. The Morgan fingerprint density at radius 3 is 2.67 bits per heavy atom. The van der Waals surface area contributed by atoms with Crippen LogP contribution in [0.25, 0.3) is 0 Å². The Bertz CT molecular complexity index is 368. The van der Waals surface area contributed by atoms with Gasteiger partial charge in [-0.05, 0) is 52.6 Å². The van der Waals surface area contributed by atoms with Crippen molar-refractivity contribution < 1.29 is 9.53 Å². The molecule has 1 unspecified atom stereocenters. The molecule has 102 valence electrons. The highest BCUT2D eigenvalue weighted by Gasteiger charge is 2.24. The molecule has 0 bridgehead atoms. The number of hydrogen-bond donors (Lipinski definition) is 0. The lowest BCUT2D eigenvalue weighted by atomic mass is 10.2. The molecule has 1 aromatic heterocycles. The van der Waals surface area contributed by atoms with Gasteiger partial charge in [0.25, 0.3) is 0 Å². The summed E-state index contributed by atoms with van der Waals surface area (Å²) < 4.78 is 5.38. The monoisotopic (exact) mass is 269 g/mol. The number of rotatable bonds is 5. The summed E-state index contributed by atoms with van der Waals surface area (Å²) in [4.78, 5) is 15.3. The highest BCUT2D eigenvalue weighted by Crippen LogP contribution is 2.13. The van der Waals surface area contributed by atoms with E-state index in [1.165, 1.54) is 4.88 Å². The second-order valence-electron chi connectivity index (χ2n) is 5.52. The summed E-state index contributed by atoms with van der Waals surface area (Å²) in [5, 5.41) is 2.08. The fourth-order valence-corrected chi connectivity index (χ4v) is 2.20. The molecular formula is C14H23NO2S. The maximum Gasteiger partial charge on any atom is 0.323 e. The first kappa shape index (κ1) is 15.2. The highest BCUT2D eigenvalue weighted by molar-refractivity contribution is 7.09. The largest absolute Gasteiger partial charge is 0.459 e. The minimum absolute atomic E-state index is 0.156. The van der Waals surface area contributed by atoms with Gasteiger partial charge in [-0.2, -0.15) is 0 Å². The van der Waals surface area contributed by atoms with Gasteiger partial charge in [0.15, 0.2) is 0 Å². The molecule has 3 nitrogen and oxygen atoms in total. The van der Waals surface area contributed by atoms with Gasteiger partial charge in [-0.3, -0.25) is 9.69 Å². The van der Waals surface area contributed by atoms with Crippen LogP contribution in [0.3, 0.4) is 0 Å². The zero-order valence-corrected chi connectivity index (χ0v) is 12.7. The van der Waals surface area contributed by atoms with Crippen molar-refractivity contribution in [1.29, 1.82) is 0 Å². The summed E-state index contributed by atoms with van der Waals surface area (Å²) in [5.74, 6) is -0.156. The van der Waals surface area contributed by atoms with Gasteiger partial charge in [0.2, 0.25) is 0 Å². The van der Waals surface area contributed by atoms with Crippen LogP contribution < -0.4 is 0 Å². The number of ether oxygens (including phenoxy) is 1. The molecule has 18 heavy (non-hydrogen) atoms. The van der Waals surface area contributed by atoms with Crippen LogP contribution in [0.1, 0.15) is 32.6 Å². The molecule has 0 fully saturated rings. The van der Waals surface area contributed by atoms with Gasteiger partial charge in [0.1, 0.15) is 11.6 Å². The lowest BCUT2D eigenvalue weighted by Crippen LogP contribution is -2.41. The van der Waals surface area contributed by atoms with Crippen LogP contribution in [0, 0.1) is 0 Å². The Kier molecular flexibility index (Phi) is 5.35. The van der Waals surface area contributed by atoms with Crippen molar-refractivity contribution in [3.8, 4) is 0 Å². The topological polar surface area (TPSA) is 29.5 Å². The second-order valence-corrected chi connectivity index (χ2v) is 6.55. The van der Waals surface area contributed by atoms with Crippen LogP contribution >= 0.6 is 11.3 Å². The molecule has 0 aliphatic carbocycles. The van der Waals surface area contributed by atoms with E-state index >= 15 is 0 Å². The van der Waals surface area contributed by atoms with Gasteiger partial charge in [-0.25, -0.2) is 0 Å². The normalized spacial score (nSPS) is 13.7. The average Bonchev–Trinajstić information content (AvgIpc) is 2.75. The molecule has 0 aliphatic rings. The summed E-state index contributed by atoms with van der Waals surface area (Å²) in [6.07, 6.45) is 0.974. The smallest absolute Gasteiger partial charge is 0.323 e. The molecule has 1 heterocycles. The molecule has 1 aromatic rings. The molecule has 0 spiro atoms. The van der Waals surface area contributed by atoms with Crippen LogP contribution in [0.5, 0.6) is 0 Å². The third-order valence-electron chi connectivity index (χ3n) is 2.70. The quantitative estimate of drug-likeness (QED) is 0.770. The minimum atomic E-state index is -0.417. The van der Waals surface area contributed by atoms with Gasteiger partial charge in [0, 0.05) is 11.4 Å². The number of likely N-dealkylation sites (N-methyl/N-ethyl adjacent to an activating group) is 1. The molecule has 1 rings (SSSR count). The zero-order valence-electron chi connectivity index (χ0n) is 11.9. The second kappa shape index (κ2) is 6.34. The van der Waals surface area contributed by atoms with Crippen molar-refractivity contribution in [2.75, 3.05) is 13.6 Å². The molecule has 0 N–H and O–H groups in total. The molecule has 1 atom stereocenters. The third-order valence-corrected chi connectivity index (χ3v) is 3.64. The summed E-state index contributed by atoms with van der Waals surface area (Å²) >= 11 is 1.75. The zero-order chi connectivity index (χ0) is 13.8. The summed E-state index contributed by atoms with van der Waals surface area (Å²) in [5.41, 5.74) is -0.417. The fraction of sp³-hybridized carbons (Fsp3) is 0.643. The Hall–Kier alpha value is -0.870. The van der Waals surface area contributed by atoms with E-state index in [0.717, 1.165) is 13.0 Å². The number of carbonyl (C=O) groups excluding carboxylic acids is 1. The molecular weight excluding hydrogens is 246 g/mol. The molecule has 0 saturated carbocycles. The van der Waals surface area contributed by atoms with E-state index in [0.29, 0.717) is 0 Å². The fourth-order valence-electron chi connectivity index (χ4n) is 1.50. The Morgan fingerprint density at radius 1 is 1.50 bits per heavy atom. The predicted molar refractivity (Wildman–Crippen MR) is 76.0 cm³/mol. The van der Waals surface area contributed by atoms with Gasteiger partial charge in [-0.1, -0.05) is 6.07 Å². The summed E-state index contributed by atoms with van der Waals surface area (Å²) in [6, 6.07) is 3.97. The van der Waals surface area contributed by atoms with Crippen molar-refractivity contribution in [3.63, 3.8) is 0 Å². The van der Waals surface area contributed by atoms with E-state index in [2.05, 4.69) is 17.5 Å². The Morgan fingerprint density at radius 2 is 2.17 bits per heavy atom. The first-order chi connectivity index (χ1) is 8.29. The van der Waals surface area contributed by atoms with Crippen LogP contribution in [-0.2, 0) is 16.0 Å². The summed E-state index contributed by atoms with van der Waals surface area (Å²) in [6.45, 7) is 8.43. The first-order valence-electron chi connectivity index (χ1n) is 6.25. The highest BCUT2D eigenvalue weighted by atomic mass is 32.1. The molecule has 0 aliphatic heterocycles. The third kappa shape index (κ3) is 5.19. The number of esters is 1. The first-order valence-corrected chi connectivity index (χ1v) is 7.13. The van der Waals surface area contributed by atoms with Gasteiger partial charge < -0.3 is 4.74 Å². The lowest BCUT2D eigenvalue weighted by molar-refractivity contribution is -0.160.